The van der Waals surface area contributed by atoms with E-state index in [0.717, 1.165) is 47.0 Å². The summed E-state index contributed by atoms with van der Waals surface area (Å²) in [4.78, 5) is 17.9. The summed E-state index contributed by atoms with van der Waals surface area (Å²) in [6, 6.07) is 17.9. The van der Waals surface area contributed by atoms with E-state index in [4.69, 9.17) is 16.6 Å². The fraction of sp³-hybridized carbons (Fsp3) is 0.238. The van der Waals surface area contributed by atoms with Gasteiger partial charge in [0.25, 0.3) is 5.56 Å². The van der Waals surface area contributed by atoms with Crippen molar-refractivity contribution in [1.29, 1.82) is 0 Å². The predicted molar refractivity (Wildman–Crippen MR) is 107 cm³/mol. The zero-order chi connectivity index (χ0) is 17.9. The lowest BCUT2D eigenvalue weighted by Crippen LogP contribution is -2.27. The second kappa shape index (κ2) is 7.68. The summed E-state index contributed by atoms with van der Waals surface area (Å²) in [6.07, 6.45) is 2.75. The molecule has 0 unspecified atom stereocenters. The molecular formula is C21H19ClN2OS. The highest BCUT2D eigenvalue weighted by Gasteiger charge is 2.21. The lowest BCUT2D eigenvalue weighted by atomic mass is 10.2. The molecule has 5 heteroatoms. The van der Waals surface area contributed by atoms with Gasteiger partial charge in [-0.05, 0) is 42.5 Å². The number of hydrogen-bond donors (Lipinski definition) is 0. The number of halogens is 1. The molecule has 0 spiro atoms. The van der Waals surface area contributed by atoms with Gasteiger partial charge >= 0.3 is 0 Å². The second-order valence-electron chi connectivity index (χ2n) is 6.47. The van der Waals surface area contributed by atoms with E-state index in [9.17, 15) is 4.79 Å². The second-order valence-corrected chi connectivity index (χ2v) is 7.85. The first-order chi connectivity index (χ1) is 12.7. The maximum atomic E-state index is 13.1. The molecule has 0 amide bonds. The van der Waals surface area contributed by atoms with Crippen LogP contribution in [0.4, 0.5) is 0 Å². The summed E-state index contributed by atoms with van der Waals surface area (Å²) >= 11 is 7.74. The van der Waals surface area contributed by atoms with E-state index >= 15 is 0 Å². The molecule has 0 radical (unpaired) electrons. The van der Waals surface area contributed by atoms with Crippen LogP contribution < -0.4 is 5.56 Å². The highest BCUT2D eigenvalue weighted by molar-refractivity contribution is 7.98. The van der Waals surface area contributed by atoms with Crippen molar-refractivity contribution in [2.24, 2.45) is 0 Å². The Morgan fingerprint density at radius 3 is 2.65 bits per heavy atom. The SMILES string of the molecule is O=c1c2c(nc(SCc3ccccc3)n1Cc1cccc(Cl)c1)CCC2. The largest absolute Gasteiger partial charge is 0.283 e. The third kappa shape index (κ3) is 3.71. The van der Waals surface area contributed by atoms with Crippen molar-refractivity contribution in [3.8, 4) is 0 Å². The Morgan fingerprint density at radius 1 is 1.04 bits per heavy atom. The summed E-state index contributed by atoms with van der Waals surface area (Å²) in [6.45, 7) is 0.497. The Labute approximate surface area is 162 Å². The minimum Gasteiger partial charge on any atom is -0.283 e. The molecular weight excluding hydrogens is 364 g/mol. The number of nitrogens with zero attached hydrogens (tertiary/aromatic N) is 2. The van der Waals surface area contributed by atoms with Crippen molar-refractivity contribution in [2.45, 2.75) is 36.7 Å². The van der Waals surface area contributed by atoms with Crippen molar-refractivity contribution in [3.63, 3.8) is 0 Å². The minimum atomic E-state index is 0.100. The van der Waals surface area contributed by atoms with Crippen molar-refractivity contribution in [1.82, 2.24) is 9.55 Å². The molecule has 0 saturated carbocycles. The first kappa shape index (κ1) is 17.4. The van der Waals surface area contributed by atoms with E-state index in [1.165, 1.54) is 5.56 Å². The van der Waals surface area contributed by atoms with Crippen molar-refractivity contribution in [2.75, 3.05) is 0 Å². The highest BCUT2D eigenvalue weighted by atomic mass is 35.5. The predicted octanol–water partition coefficient (Wildman–Crippen LogP) is 4.73. The summed E-state index contributed by atoms with van der Waals surface area (Å²) in [5.74, 6) is 0.793. The molecule has 3 aromatic rings. The first-order valence-electron chi connectivity index (χ1n) is 8.74. The fourth-order valence-corrected chi connectivity index (χ4v) is 4.48. The number of hydrogen-bond acceptors (Lipinski definition) is 3. The Hall–Kier alpha value is -2.04. The lowest BCUT2D eigenvalue weighted by molar-refractivity contribution is 0.631. The zero-order valence-electron chi connectivity index (χ0n) is 14.3. The number of thioether (sulfide) groups is 1. The van der Waals surface area contributed by atoms with Crippen LogP contribution >= 0.6 is 23.4 Å². The maximum absolute atomic E-state index is 13.1. The van der Waals surface area contributed by atoms with Crippen LogP contribution in [0, 0.1) is 0 Å². The number of aromatic nitrogens is 2. The standard InChI is InChI=1S/C21H19ClN2OS/c22-17-9-4-8-16(12-17)13-24-20(25)18-10-5-11-19(18)23-21(24)26-14-15-6-2-1-3-7-15/h1-4,6-9,12H,5,10-11,13-14H2. The molecule has 0 bridgehead atoms. The van der Waals surface area contributed by atoms with Gasteiger partial charge in [0.15, 0.2) is 5.16 Å². The molecule has 26 heavy (non-hydrogen) atoms. The van der Waals surface area contributed by atoms with Crippen molar-refractivity contribution < 1.29 is 0 Å². The molecule has 1 heterocycles. The highest BCUT2D eigenvalue weighted by Crippen LogP contribution is 2.25. The van der Waals surface area contributed by atoms with Gasteiger partial charge in [-0.2, -0.15) is 0 Å². The van der Waals surface area contributed by atoms with E-state index in [1.54, 1.807) is 11.8 Å². The average Bonchev–Trinajstić information content (AvgIpc) is 3.12. The van der Waals surface area contributed by atoms with Gasteiger partial charge in [-0.3, -0.25) is 9.36 Å². The number of rotatable bonds is 5. The molecule has 0 saturated heterocycles. The zero-order valence-corrected chi connectivity index (χ0v) is 15.9. The molecule has 4 rings (SSSR count). The molecule has 1 aliphatic carbocycles. The summed E-state index contributed by atoms with van der Waals surface area (Å²) < 4.78 is 1.81. The smallest absolute Gasteiger partial charge is 0.257 e. The molecule has 2 aromatic carbocycles. The van der Waals surface area contributed by atoms with Gasteiger partial charge in [-0.15, -0.1) is 0 Å². The topological polar surface area (TPSA) is 34.9 Å². The van der Waals surface area contributed by atoms with E-state index in [1.807, 2.05) is 47.0 Å². The van der Waals surface area contributed by atoms with Gasteiger partial charge in [0.1, 0.15) is 0 Å². The lowest BCUT2D eigenvalue weighted by Gasteiger charge is -2.14. The quantitative estimate of drug-likeness (QED) is 0.472. The van der Waals surface area contributed by atoms with E-state index in [2.05, 4.69) is 12.1 Å². The normalized spacial score (nSPS) is 13.0. The molecule has 0 N–H and O–H groups in total. The molecule has 1 aromatic heterocycles. The van der Waals surface area contributed by atoms with Crippen molar-refractivity contribution >= 4 is 23.4 Å². The van der Waals surface area contributed by atoms with Crippen LogP contribution in [0.2, 0.25) is 5.02 Å². The Kier molecular flexibility index (Phi) is 5.14. The minimum absolute atomic E-state index is 0.100. The van der Waals surface area contributed by atoms with Gasteiger partial charge in [0, 0.05) is 16.3 Å². The van der Waals surface area contributed by atoms with E-state index < -0.39 is 0 Å². The summed E-state index contributed by atoms with van der Waals surface area (Å²) in [5, 5.41) is 1.47. The first-order valence-corrected chi connectivity index (χ1v) is 10.1. The third-order valence-electron chi connectivity index (χ3n) is 4.59. The van der Waals surface area contributed by atoms with Crippen molar-refractivity contribution in [3.05, 3.63) is 92.4 Å². The van der Waals surface area contributed by atoms with Crippen LogP contribution in [0.5, 0.6) is 0 Å². The fourth-order valence-electron chi connectivity index (χ4n) is 3.30. The maximum Gasteiger partial charge on any atom is 0.257 e. The van der Waals surface area contributed by atoms with Gasteiger partial charge in [0.2, 0.25) is 0 Å². The van der Waals surface area contributed by atoms with E-state index in [0.29, 0.717) is 11.6 Å². The van der Waals surface area contributed by atoms with Crippen LogP contribution in [0.15, 0.2) is 64.5 Å². The average molecular weight is 383 g/mol. The van der Waals surface area contributed by atoms with Crippen LogP contribution in [0.1, 0.15) is 28.8 Å². The number of fused-ring (bicyclic) bond motifs is 1. The van der Waals surface area contributed by atoms with Crippen LogP contribution in [0.25, 0.3) is 0 Å². The molecule has 0 atom stereocenters. The Balaban J connectivity index is 1.69. The van der Waals surface area contributed by atoms with Crippen LogP contribution in [-0.4, -0.2) is 9.55 Å². The Bertz CT molecular complexity index is 985. The molecule has 0 aliphatic heterocycles. The van der Waals surface area contributed by atoms with Gasteiger partial charge in [0.05, 0.1) is 12.2 Å². The van der Waals surface area contributed by atoms with Gasteiger partial charge in [-0.1, -0.05) is 65.8 Å². The Morgan fingerprint density at radius 2 is 1.85 bits per heavy atom. The molecule has 3 nitrogen and oxygen atoms in total. The van der Waals surface area contributed by atoms with Crippen LogP contribution in [0.3, 0.4) is 0 Å². The summed E-state index contributed by atoms with van der Waals surface area (Å²) in [7, 11) is 0. The van der Waals surface area contributed by atoms with Crippen LogP contribution in [-0.2, 0) is 25.1 Å². The van der Waals surface area contributed by atoms with E-state index in [-0.39, 0.29) is 5.56 Å². The number of benzene rings is 2. The monoisotopic (exact) mass is 382 g/mol. The van der Waals surface area contributed by atoms with Gasteiger partial charge in [-0.25, -0.2) is 4.98 Å². The number of aryl methyl sites for hydroxylation is 1. The molecule has 132 valence electrons. The molecule has 1 aliphatic rings. The third-order valence-corrected chi connectivity index (χ3v) is 5.88. The molecule has 0 fully saturated rings. The summed E-state index contributed by atoms with van der Waals surface area (Å²) in [5.41, 5.74) is 4.20. The van der Waals surface area contributed by atoms with Gasteiger partial charge < -0.3 is 0 Å².